The molecule has 0 unspecified atom stereocenters. The lowest BCUT2D eigenvalue weighted by Crippen LogP contribution is -2.15. The molecule has 142 valence electrons. The SMILES string of the molecule is Cc1cccc(C)c1-n1nnnc1SCC(=O)Nc1sc2c(c1C#N)CCC2. The number of rotatable bonds is 5. The maximum absolute atomic E-state index is 12.5. The molecule has 0 fully saturated rings. The average molecular weight is 411 g/mol. The van der Waals surface area contributed by atoms with Gasteiger partial charge in [-0.2, -0.15) is 9.94 Å². The molecule has 7 nitrogen and oxygen atoms in total. The predicted molar refractivity (Wildman–Crippen MR) is 109 cm³/mol. The van der Waals surface area contributed by atoms with Gasteiger partial charge in [-0.05, 0) is 60.2 Å². The Bertz CT molecular complexity index is 1070. The first-order valence-electron chi connectivity index (χ1n) is 8.90. The molecular formula is C19H18N6OS2. The van der Waals surface area contributed by atoms with Gasteiger partial charge in [-0.1, -0.05) is 30.0 Å². The van der Waals surface area contributed by atoms with Crippen LogP contribution in [0, 0.1) is 25.2 Å². The number of aryl methyl sites for hydroxylation is 3. The number of fused-ring (bicyclic) bond motifs is 1. The Morgan fingerprint density at radius 2 is 2.14 bits per heavy atom. The third-order valence-electron chi connectivity index (χ3n) is 4.71. The molecule has 1 aliphatic rings. The van der Waals surface area contributed by atoms with Crippen molar-refractivity contribution in [2.45, 2.75) is 38.3 Å². The van der Waals surface area contributed by atoms with Gasteiger partial charge in [0.1, 0.15) is 11.1 Å². The highest BCUT2D eigenvalue weighted by molar-refractivity contribution is 7.99. The zero-order valence-electron chi connectivity index (χ0n) is 15.5. The molecule has 2 aromatic heterocycles. The van der Waals surface area contributed by atoms with Crippen LogP contribution in [0.25, 0.3) is 5.69 Å². The maximum Gasteiger partial charge on any atom is 0.235 e. The van der Waals surface area contributed by atoms with Crippen LogP contribution in [0.1, 0.15) is 33.6 Å². The summed E-state index contributed by atoms with van der Waals surface area (Å²) in [6.45, 7) is 4.01. The second-order valence-electron chi connectivity index (χ2n) is 6.62. The number of para-hydroxylation sites is 1. The normalized spacial score (nSPS) is 12.6. The van der Waals surface area contributed by atoms with E-state index >= 15 is 0 Å². The van der Waals surface area contributed by atoms with Crippen LogP contribution in [0.4, 0.5) is 5.00 Å². The third kappa shape index (κ3) is 3.41. The quantitative estimate of drug-likeness (QED) is 0.647. The van der Waals surface area contributed by atoms with Crippen molar-refractivity contribution in [3.05, 3.63) is 45.3 Å². The summed E-state index contributed by atoms with van der Waals surface area (Å²) in [5.41, 5.74) is 4.78. The molecule has 1 N–H and O–H groups in total. The minimum Gasteiger partial charge on any atom is -0.316 e. The highest BCUT2D eigenvalue weighted by Gasteiger charge is 2.23. The zero-order chi connectivity index (χ0) is 19.7. The molecule has 0 saturated heterocycles. The van der Waals surface area contributed by atoms with E-state index in [-0.39, 0.29) is 11.7 Å². The number of carbonyl (C=O) groups is 1. The summed E-state index contributed by atoms with van der Waals surface area (Å²) in [4.78, 5) is 13.7. The van der Waals surface area contributed by atoms with E-state index < -0.39 is 0 Å². The lowest BCUT2D eigenvalue weighted by atomic mass is 10.1. The van der Waals surface area contributed by atoms with Gasteiger partial charge in [-0.3, -0.25) is 4.79 Å². The Kier molecular flexibility index (Phi) is 5.15. The highest BCUT2D eigenvalue weighted by Crippen LogP contribution is 2.38. The Labute approximate surface area is 170 Å². The summed E-state index contributed by atoms with van der Waals surface area (Å²) >= 11 is 2.79. The Morgan fingerprint density at radius 1 is 1.36 bits per heavy atom. The minimum atomic E-state index is -0.169. The number of benzene rings is 1. The number of hydrogen-bond donors (Lipinski definition) is 1. The lowest BCUT2D eigenvalue weighted by molar-refractivity contribution is -0.113. The molecule has 28 heavy (non-hydrogen) atoms. The summed E-state index contributed by atoms with van der Waals surface area (Å²) < 4.78 is 1.67. The van der Waals surface area contributed by atoms with Gasteiger partial charge >= 0.3 is 0 Å². The maximum atomic E-state index is 12.5. The second-order valence-corrected chi connectivity index (χ2v) is 8.67. The van der Waals surface area contributed by atoms with Crippen molar-refractivity contribution in [2.24, 2.45) is 0 Å². The number of nitrogens with one attached hydrogen (secondary N) is 1. The lowest BCUT2D eigenvalue weighted by Gasteiger charge is -2.10. The molecule has 1 aromatic carbocycles. The zero-order valence-corrected chi connectivity index (χ0v) is 17.2. The smallest absolute Gasteiger partial charge is 0.235 e. The van der Waals surface area contributed by atoms with E-state index in [4.69, 9.17) is 0 Å². The predicted octanol–water partition coefficient (Wildman–Crippen LogP) is 3.43. The third-order valence-corrected chi connectivity index (χ3v) is 6.84. The van der Waals surface area contributed by atoms with Gasteiger partial charge in [0.25, 0.3) is 0 Å². The standard InChI is InChI=1S/C19H18N6OS2/c1-11-5-3-6-12(2)17(11)25-19(22-23-24-25)27-10-16(26)21-18-14(9-20)13-7-4-8-15(13)28-18/h3,5-6H,4,7-8,10H2,1-2H3,(H,21,26). The van der Waals surface area contributed by atoms with Crippen molar-refractivity contribution in [3.8, 4) is 11.8 Å². The summed E-state index contributed by atoms with van der Waals surface area (Å²) in [6, 6.07) is 8.25. The Balaban J connectivity index is 1.47. The fourth-order valence-corrected chi connectivity index (χ4v) is 5.39. The van der Waals surface area contributed by atoms with Crippen LogP contribution in [-0.2, 0) is 17.6 Å². The van der Waals surface area contributed by atoms with Crippen LogP contribution in [0.5, 0.6) is 0 Å². The molecule has 0 saturated carbocycles. The van der Waals surface area contributed by atoms with Gasteiger partial charge in [0, 0.05) is 4.88 Å². The van der Waals surface area contributed by atoms with Gasteiger partial charge in [-0.25, -0.2) is 0 Å². The number of carbonyl (C=O) groups excluding carboxylic acids is 1. The fraction of sp³-hybridized carbons (Fsp3) is 0.316. The van der Waals surface area contributed by atoms with Crippen molar-refractivity contribution in [2.75, 3.05) is 11.1 Å². The molecule has 9 heteroatoms. The van der Waals surface area contributed by atoms with Crippen LogP contribution in [0.3, 0.4) is 0 Å². The summed E-state index contributed by atoms with van der Waals surface area (Å²) in [7, 11) is 0. The molecule has 4 rings (SSSR count). The summed E-state index contributed by atoms with van der Waals surface area (Å²) in [6.07, 6.45) is 2.99. The van der Waals surface area contributed by atoms with E-state index in [1.54, 1.807) is 4.68 Å². The van der Waals surface area contributed by atoms with Crippen molar-refractivity contribution in [1.82, 2.24) is 20.2 Å². The number of thiophene rings is 1. The van der Waals surface area contributed by atoms with Crippen molar-refractivity contribution < 1.29 is 4.79 Å². The molecule has 0 spiro atoms. The fourth-order valence-electron chi connectivity index (χ4n) is 3.45. The molecule has 3 aromatic rings. The number of tetrazole rings is 1. The van der Waals surface area contributed by atoms with Crippen LogP contribution >= 0.6 is 23.1 Å². The number of amides is 1. The number of nitriles is 1. The second kappa shape index (κ2) is 7.73. The first-order valence-corrected chi connectivity index (χ1v) is 10.7. The first-order chi connectivity index (χ1) is 13.6. The topological polar surface area (TPSA) is 96.5 Å². The van der Waals surface area contributed by atoms with Crippen LogP contribution in [0.2, 0.25) is 0 Å². The molecular weight excluding hydrogens is 392 g/mol. The van der Waals surface area contributed by atoms with Crippen LogP contribution in [-0.4, -0.2) is 31.9 Å². The van der Waals surface area contributed by atoms with Gasteiger partial charge in [-0.15, -0.1) is 16.4 Å². The van der Waals surface area contributed by atoms with Crippen molar-refractivity contribution >= 4 is 34.0 Å². The molecule has 0 radical (unpaired) electrons. The van der Waals surface area contributed by atoms with E-state index in [0.29, 0.717) is 15.7 Å². The van der Waals surface area contributed by atoms with E-state index in [1.165, 1.54) is 28.0 Å². The van der Waals surface area contributed by atoms with Crippen LogP contribution in [0.15, 0.2) is 23.4 Å². The first kappa shape index (κ1) is 18.7. The largest absolute Gasteiger partial charge is 0.316 e. The van der Waals surface area contributed by atoms with Gasteiger partial charge < -0.3 is 5.32 Å². The monoisotopic (exact) mass is 410 g/mol. The molecule has 2 heterocycles. The molecule has 0 bridgehead atoms. The minimum absolute atomic E-state index is 0.165. The summed E-state index contributed by atoms with van der Waals surface area (Å²) in [5, 5.41) is 25.5. The van der Waals surface area contributed by atoms with Gasteiger partial charge in [0.15, 0.2) is 0 Å². The number of nitrogens with zero attached hydrogens (tertiary/aromatic N) is 5. The van der Waals surface area contributed by atoms with Crippen molar-refractivity contribution in [1.29, 1.82) is 5.26 Å². The van der Waals surface area contributed by atoms with E-state index in [9.17, 15) is 10.1 Å². The number of thioether (sulfide) groups is 1. The highest BCUT2D eigenvalue weighted by atomic mass is 32.2. The Hall–Kier alpha value is -2.70. The molecule has 1 amide bonds. The van der Waals surface area contributed by atoms with Gasteiger partial charge in [0.2, 0.25) is 11.1 Å². The number of aromatic nitrogens is 4. The van der Waals surface area contributed by atoms with E-state index in [2.05, 4.69) is 26.9 Å². The molecule has 0 atom stereocenters. The molecule has 0 aliphatic heterocycles. The van der Waals surface area contributed by atoms with Gasteiger partial charge in [0.05, 0.1) is 17.0 Å². The Morgan fingerprint density at radius 3 is 2.89 bits per heavy atom. The van der Waals surface area contributed by atoms with E-state index in [0.717, 1.165) is 41.6 Å². The van der Waals surface area contributed by atoms with E-state index in [1.807, 2.05) is 32.0 Å². The summed E-state index contributed by atoms with van der Waals surface area (Å²) in [5.74, 6) is -0.00359. The average Bonchev–Trinajstić information content (AvgIpc) is 3.36. The van der Waals surface area contributed by atoms with Crippen LogP contribution < -0.4 is 5.32 Å². The number of anilines is 1. The number of hydrogen-bond acceptors (Lipinski definition) is 7. The van der Waals surface area contributed by atoms with Crippen molar-refractivity contribution in [3.63, 3.8) is 0 Å². The molecule has 1 aliphatic carbocycles.